The van der Waals surface area contributed by atoms with E-state index in [-0.39, 0.29) is 5.82 Å². The summed E-state index contributed by atoms with van der Waals surface area (Å²) in [4.78, 5) is 2.23. The molecule has 54 valence electrons. The summed E-state index contributed by atoms with van der Waals surface area (Å²) >= 11 is 5.21. The van der Waals surface area contributed by atoms with Crippen LogP contribution in [0.2, 0.25) is 0 Å². The Morgan fingerprint density at radius 2 is 2.20 bits per heavy atom. The van der Waals surface area contributed by atoms with Gasteiger partial charge in [0.1, 0.15) is 5.82 Å². The summed E-state index contributed by atoms with van der Waals surface area (Å²) in [7, 11) is 0. The molecule has 0 atom stereocenters. The number of benzene rings is 1. The van der Waals surface area contributed by atoms with Crippen LogP contribution < -0.4 is 4.84 Å². The molecule has 10 heavy (non-hydrogen) atoms. The van der Waals surface area contributed by atoms with Crippen molar-refractivity contribution in [2.75, 3.05) is 4.84 Å². The SMILES string of the molecule is Cc1cccc(NCl)c1F. The average Bonchev–Trinajstić information content (AvgIpc) is 1.95. The number of aryl methyl sites for hydroxylation is 1. The van der Waals surface area contributed by atoms with Gasteiger partial charge in [-0.3, -0.25) is 4.84 Å². The molecule has 1 nitrogen and oxygen atoms in total. The maximum Gasteiger partial charge on any atom is 0.150 e. The molecule has 0 saturated carbocycles. The van der Waals surface area contributed by atoms with Crippen molar-refractivity contribution < 1.29 is 4.39 Å². The van der Waals surface area contributed by atoms with Crippen LogP contribution in [0.15, 0.2) is 18.2 Å². The molecule has 0 aliphatic rings. The van der Waals surface area contributed by atoms with Crippen molar-refractivity contribution in [1.82, 2.24) is 0 Å². The van der Waals surface area contributed by atoms with E-state index in [1.54, 1.807) is 25.1 Å². The van der Waals surface area contributed by atoms with Crippen LogP contribution in [0.4, 0.5) is 10.1 Å². The van der Waals surface area contributed by atoms with E-state index in [9.17, 15) is 4.39 Å². The molecule has 0 spiro atoms. The largest absolute Gasteiger partial charge is 0.296 e. The quantitative estimate of drug-likeness (QED) is 0.622. The normalized spacial score (nSPS) is 9.50. The van der Waals surface area contributed by atoms with Gasteiger partial charge < -0.3 is 0 Å². The van der Waals surface area contributed by atoms with Crippen molar-refractivity contribution in [1.29, 1.82) is 0 Å². The molecule has 0 saturated heterocycles. The fraction of sp³-hybridized carbons (Fsp3) is 0.143. The van der Waals surface area contributed by atoms with Crippen molar-refractivity contribution in [2.24, 2.45) is 0 Å². The monoisotopic (exact) mass is 159 g/mol. The Morgan fingerprint density at radius 1 is 1.50 bits per heavy atom. The van der Waals surface area contributed by atoms with Crippen LogP contribution in [0.25, 0.3) is 0 Å². The van der Waals surface area contributed by atoms with Gasteiger partial charge in [0.05, 0.1) is 5.69 Å². The van der Waals surface area contributed by atoms with Gasteiger partial charge in [-0.2, -0.15) is 0 Å². The highest BCUT2D eigenvalue weighted by molar-refractivity contribution is 6.24. The number of anilines is 1. The van der Waals surface area contributed by atoms with Gasteiger partial charge in [0.15, 0.2) is 0 Å². The number of hydrogen-bond donors (Lipinski definition) is 1. The lowest BCUT2D eigenvalue weighted by atomic mass is 10.2. The first-order valence-electron chi connectivity index (χ1n) is 2.87. The molecule has 0 aliphatic carbocycles. The van der Waals surface area contributed by atoms with Crippen molar-refractivity contribution >= 4 is 17.5 Å². The summed E-state index contributed by atoms with van der Waals surface area (Å²) in [5, 5.41) is 0. The Labute approximate surface area is 63.9 Å². The van der Waals surface area contributed by atoms with Gasteiger partial charge in [-0.1, -0.05) is 12.1 Å². The van der Waals surface area contributed by atoms with Gasteiger partial charge in [0.2, 0.25) is 0 Å². The Kier molecular flexibility index (Phi) is 2.12. The van der Waals surface area contributed by atoms with Crippen LogP contribution in [-0.4, -0.2) is 0 Å². The third kappa shape index (κ3) is 1.21. The van der Waals surface area contributed by atoms with Gasteiger partial charge >= 0.3 is 0 Å². The third-order valence-corrected chi connectivity index (χ3v) is 1.50. The van der Waals surface area contributed by atoms with E-state index in [2.05, 4.69) is 4.84 Å². The molecular weight excluding hydrogens is 153 g/mol. The van der Waals surface area contributed by atoms with Gasteiger partial charge in [-0.25, -0.2) is 4.39 Å². The molecule has 0 heterocycles. The first-order chi connectivity index (χ1) is 4.75. The highest BCUT2D eigenvalue weighted by Gasteiger charge is 2.00. The second kappa shape index (κ2) is 2.88. The summed E-state index contributed by atoms with van der Waals surface area (Å²) < 4.78 is 12.9. The van der Waals surface area contributed by atoms with Crippen molar-refractivity contribution in [3.05, 3.63) is 29.6 Å². The third-order valence-electron chi connectivity index (χ3n) is 1.29. The summed E-state index contributed by atoms with van der Waals surface area (Å²) in [5.41, 5.74) is 0.910. The lowest BCUT2D eigenvalue weighted by Gasteiger charge is -2.00. The minimum Gasteiger partial charge on any atom is -0.296 e. The maximum atomic E-state index is 12.9. The molecule has 0 amide bonds. The first kappa shape index (κ1) is 7.35. The standard InChI is InChI=1S/C7H7ClFN/c1-5-3-2-4-6(10-8)7(5)9/h2-4,10H,1H3. The fourth-order valence-electron chi connectivity index (χ4n) is 0.720. The van der Waals surface area contributed by atoms with Crippen LogP contribution in [0.3, 0.4) is 0 Å². The zero-order chi connectivity index (χ0) is 7.56. The Bertz CT molecular complexity index is 237. The average molecular weight is 160 g/mol. The topological polar surface area (TPSA) is 12.0 Å². The minimum atomic E-state index is -0.294. The lowest BCUT2D eigenvalue weighted by Crippen LogP contribution is -1.88. The maximum absolute atomic E-state index is 12.9. The van der Waals surface area contributed by atoms with E-state index < -0.39 is 0 Å². The minimum absolute atomic E-state index is 0.294. The molecule has 0 fully saturated rings. The van der Waals surface area contributed by atoms with Crippen LogP contribution in [0.1, 0.15) is 5.56 Å². The summed E-state index contributed by atoms with van der Waals surface area (Å²) in [6.45, 7) is 1.69. The Morgan fingerprint density at radius 3 is 2.70 bits per heavy atom. The summed E-state index contributed by atoms with van der Waals surface area (Å²) in [6.07, 6.45) is 0. The van der Waals surface area contributed by atoms with Crippen LogP contribution >= 0.6 is 11.8 Å². The second-order valence-electron chi connectivity index (χ2n) is 2.03. The molecule has 1 N–H and O–H groups in total. The molecular formula is C7H7ClFN. The fourth-order valence-corrected chi connectivity index (χ4v) is 0.866. The number of halogens is 2. The van der Waals surface area contributed by atoms with E-state index in [0.717, 1.165) is 0 Å². The highest BCUT2D eigenvalue weighted by Crippen LogP contribution is 2.17. The van der Waals surface area contributed by atoms with Crippen LogP contribution in [0.5, 0.6) is 0 Å². The zero-order valence-electron chi connectivity index (χ0n) is 5.49. The molecule has 1 aromatic rings. The molecule has 0 aromatic heterocycles. The van der Waals surface area contributed by atoms with E-state index in [0.29, 0.717) is 11.3 Å². The number of nitrogens with one attached hydrogen (secondary N) is 1. The first-order valence-corrected chi connectivity index (χ1v) is 3.25. The highest BCUT2D eigenvalue weighted by atomic mass is 35.5. The molecule has 0 aliphatic heterocycles. The van der Waals surface area contributed by atoms with E-state index in [4.69, 9.17) is 11.8 Å². The van der Waals surface area contributed by atoms with Crippen molar-refractivity contribution in [2.45, 2.75) is 6.92 Å². The van der Waals surface area contributed by atoms with Gasteiger partial charge in [0, 0.05) is 11.8 Å². The van der Waals surface area contributed by atoms with E-state index in [1.165, 1.54) is 0 Å². The summed E-state index contributed by atoms with van der Waals surface area (Å²) in [5.74, 6) is -0.294. The van der Waals surface area contributed by atoms with Gasteiger partial charge in [0.25, 0.3) is 0 Å². The van der Waals surface area contributed by atoms with Crippen LogP contribution in [0, 0.1) is 12.7 Å². The predicted molar refractivity (Wildman–Crippen MR) is 40.6 cm³/mol. The Balaban J connectivity index is 3.14. The van der Waals surface area contributed by atoms with E-state index >= 15 is 0 Å². The lowest BCUT2D eigenvalue weighted by molar-refractivity contribution is 0.623. The molecule has 0 radical (unpaired) electrons. The molecule has 0 unspecified atom stereocenters. The van der Waals surface area contributed by atoms with Crippen molar-refractivity contribution in [3.8, 4) is 0 Å². The predicted octanol–water partition coefficient (Wildman–Crippen LogP) is 2.70. The zero-order valence-corrected chi connectivity index (χ0v) is 6.24. The number of hydrogen-bond acceptors (Lipinski definition) is 1. The summed E-state index contributed by atoms with van der Waals surface area (Å²) in [6, 6.07) is 5.01. The van der Waals surface area contributed by atoms with Gasteiger partial charge in [-0.15, -0.1) is 0 Å². The molecule has 0 bridgehead atoms. The second-order valence-corrected chi connectivity index (χ2v) is 2.22. The molecule has 1 aromatic carbocycles. The van der Waals surface area contributed by atoms with Crippen molar-refractivity contribution in [3.63, 3.8) is 0 Å². The smallest absolute Gasteiger partial charge is 0.150 e. The molecule has 1 rings (SSSR count). The van der Waals surface area contributed by atoms with Gasteiger partial charge in [-0.05, 0) is 18.6 Å². The van der Waals surface area contributed by atoms with E-state index in [1.807, 2.05) is 0 Å². The molecule has 3 heteroatoms. The Hall–Kier alpha value is -0.760. The number of rotatable bonds is 1. The van der Waals surface area contributed by atoms with Crippen LogP contribution in [-0.2, 0) is 0 Å².